The summed E-state index contributed by atoms with van der Waals surface area (Å²) < 4.78 is 0. The largest absolute Gasteiger partial charge is 0.361 e. The topological polar surface area (TPSA) is 420 Å². The zero-order valence-electron chi connectivity index (χ0n) is 51.6. The third kappa shape index (κ3) is 15.6. The molecule has 3 heterocycles. The zero-order valence-corrected chi connectivity index (χ0v) is 52.4. The lowest BCUT2D eigenvalue weighted by Crippen LogP contribution is -2.62. The van der Waals surface area contributed by atoms with E-state index in [0.29, 0.717) is 75.2 Å². The normalized spacial score (nSPS) is 14.5. The Kier molecular flexibility index (Phi) is 23.4. The molecule has 0 saturated carbocycles. The van der Waals surface area contributed by atoms with Gasteiger partial charge in [0.1, 0.15) is 0 Å². The van der Waals surface area contributed by atoms with Gasteiger partial charge in [0.25, 0.3) is 17.7 Å². The lowest BCUT2D eigenvalue weighted by molar-refractivity contribution is -0.135. The number of nitrogens with one attached hydrogen (secondary N) is 6. The number of unbranched alkanes of at least 4 members (excludes halogenated alkanes) is 3. The molecule has 21 nitrogen and oxygen atoms in total. The molecule has 0 aliphatic heterocycles. The molecule has 0 aliphatic rings. The van der Waals surface area contributed by atoms with E-state index < -0.39 is 75.7 Å². The number of anilines is 3. The number of rotatable bonds is 33. The van der Waals surface area contributed by atoms with Crippen LogP contribution in [0.3, 0.4) is 0 Å². The van der Waals surface area contributed by atoms with Crippen molar-refractivity contribution in [3.8, 4) is 0 Å². The van der Waals surface area contributed by atoms with Gasteiger partial charge < -0.3 is 82.5 Å². The number of ketones is 3. The molecule has 3 amide bonds. The van der Waals surface area contributed by atoms with Gasteiger partial charge in [-0.05, 0) is 185 Å². The molecule has 0 saturated heterocycles. The molecule has 0 fully saturated rings. The van der Waals surface area contributed by atoms with E-state index in [0.717, 1.165) is 66.1 Å². The summed E-state index contributed by atoms with van der Waals surface area (Å²) in [4.78, 5) is 95.7. The number of Topliss-reactive ketones (excluding diaryl/α,β-unsaturated/α-hetero) is 3. The Labute approximate surface area is 540 Å². The second-order valence-corrected chi connectivity index (χ2v) is 23.9. The summed E-state index contributed by atoms with van der Waals surface area (Å²) >= 11 is 0. The van der Waals surface area contributed by atoms with E-state index in [1.54, 1.807) is 55.0 Å². The number of aromatic amines is 3. The Morgan fingerprint density at radius 3 is 0.870 bits per heavy atom. The molecule has 6 aromatic carbocycles. The summed E-state index contributed by atoms with van der Waals surface area (Å²) in [6.07, 6.45) is 8.69. The first-order valence-electron chi connectivity index (χ1n) is 31.1. The predicted molar refractivity (Wildman–Crippen MR) is 368 cm³/mol. The number of para-hydroxylation sites is 3. The fraction of sp³-hybridized carbons (Fsp3) is 0.314. The molecule has 24 N–H and O–H groups in total. The van der Waals surface area contributed by atoms with Crippen molar-refractivity contribution >= 4 is 97.2 Å². The van der Waals surface area contributed by atoms with Crippen LogP contribution in [0.15, 0.2) is 164 Å². The van der Waals surface area contributed by atoms with Gasteiger partial charge in [0.2, 0.25) is 0 Å². The molecule has 92 heavy (non-hydrogen) atoms. The lowest BCUT2D eigenvalue weighted by Gasteiger charge is -2.30. The van der Waals surface area contributed by atoms with Crippen molar-refractivity contribution in [3.63, 3.8) is 0 Å². The van der Waals surface area contributed by atoms with Crippen molar-refractivity contribution in [2.24, 2.45) is 51.6 Å². The maximum Gasteiger partial charge on any atom is 0.252 e. The van der Waals surface area contributed by atoms with Gasteiger partial charge in [-0.1, -0.05) is 91.0 Å². The molecular formula is C70H86ClN15O6. The molecule has 0 unspecified atom stereocenters. The van der Waals surface area contributed by atoms with Gasteiger partial charge >= 0.3 is 0 Å². The van der Waals surface area contributed by atoms with Crippen LogP contribution in [0.25, 0.3) is 32.7 Å². The van der Waals surface area contributed by atoms with E-state index in [1.807, 2.05) is 109 Å². The first-order chi connectivity index (χ1) is 43.8. The molecule has 9 aromatic rings. The van der Waals surface area contributed by atoms with Crippen LogP contribution in [0.1, 0.15) is 97.1 Å². The Balaban J connectivity index is 0.0000109. The average molecular weight is 1270 g/mol. The highest BCUT2D eigenvalue weighted by molar-refractivity contribution is 6.18. The van der Waals surface area contributed by atoms with E-state index in [4.69, 9.17) is 51.6 Å². The van der Waals surface area contributed by atoms with Gasteiger partial charge in [-0.2, -0.15) is 0 Å². The standard InChI is InChI=1S/C70H85N15O6.ClH/c71-34-10-7-31-68(77,62(86)55(74)37-46-40-80-58-16-4-1-13-52(46)58)65(89)83-49-25-19-43(20-26-49)61(44-21-27-50(28-22-44)84-66(90)69(78,32-8-11-35-72)63(87)56(75)38-47-41-81-59-17-5-2-14-53(47)59)45-23-29-51(30-24-45)85-67(91)70(79,33-9-12-36-73)64(88)57(76)39-48-42-82-60-18-6-3-15-54(48)60;/h1-6,13-30,40-42,55-57,61,80-82H,7-12,31-39,71-79H2,(H,83,89)(H,84,90)(H,85,91);1H/t55-,56-,57-,68+,69+,70+;/m0./s1. The van der Waals surface area contributed by atoms with Crippen LogP contribution >= 0.6 is 12.4 Å². The van der Waals surface area contributed by atoms with Crippen molar-refractivity contribution in [2.45, 2.75) is 118 Å². The maximum atomic E-state index is 14.4. The number of hydrogen-bond donors (Lipinski definition) is 15. The third-order valence-electron chi connectivity index (χ3n) is 17.5. The first-order valence-corrected chi connectivity index (χ1v) is 31.1. The average Bonchev–Trinajstić information content (AvgIpc) is 2.16. The summed E-state index contributed by atoms with van der Waals surface area (Å²) in [6.45, 7) is 1.02. The molecule has 0 bridgehead atoms. The fourth-order valence-corrected chi connectivity index (χ4v) is 12.2. The Bertz CT molecular complexity index is 3590. The Morgan fingerprint density at radius 2 is 0.620 bits per heavy atom. The summed E-state index contributed by atoms with van der Waals surface area (Å²) in [5, 5.41) is 11.4. The van der Waals surface area contributed by atoms with Gasteiger partial charge in [0.15, 0.2) is 34.0 Å². The smallest absolute Gasteiger partial charge is 0.252 e. The number of H-pyrrole nitrogens is 3. The van der Waals surface area contributed by atoms with Crippen LogP contribution in [0.2, 0.25) is 0 Å². The molecule has 6 atom stereocenters. The molecule has 0 radical (unpaired) electrons. The second-order valence-electron chi connectivity index (χ2n) is 23.9. The molecular weight excluding hydrogens is 1180 g/mol. The summed E-state index contributed by atoms with van der Waals surface area (Å²) in [6, 6.07) is 40.9. The van der Waals surface area contributed by atoms with Crippen LogP contribution in [0.5, 0.6) is 0 Å². The van der Waals surface area contributed by atoms with Crippen molar-refractivity contribution in [3.05, 3.63) is 198 Å². The summed E-state index contributed by atoms with van der Waals surface area (Å²) in [5.41, 5.74) is 60.4. The van der Waals surface area contributed by atoms with E-state index in [1.165, 1.54) is 0 Å². The van der Waals surface area contributed by atoms with Crippen LogP contribution in [-0.2, 0) is 48.0 Å². The maximum absolute atomic E-state index is 14.4. The SMILES string of the molecule is Cl.NCCCC[C@](N)(C(=O)Nc1ccc(C(c2ccc(NC(=O)[C@@](N)(CCCCN)C(=O)[C@@H](N)Cc3c[nH]c4ccccc34)cc2)c2ccc(NC(=O)[C@@](N)(CCCCN)C(=O)[C@@H](N)Cc3c[nH]c4ccccc34)cc2)cc1)C(=O)[C@@H](N)Cc1c[nH]c2ccccc12. The quantitative estimate of drug-likeness (QED) is 0.0119. The van der Waals surface area contributed by atoms with Gasteiger partial charge in [0, 0.05) is 74.3 Å². The number of amides is 3. The highest BCUT2D eigenvalue weighted by atomic mass is 35.5. The Morgan fingerprint density at radius 1 is 0.370 bits per heavy atom. The number of nitrogens with two attached hydrogens (primary N) is 9. The molecule has 0 aliphatic carbocycles. The fourth-order valence-electron chi connectivity index (χ4n) is 12.2. The van der Waals surface area contributed by atoms with Crippen molar-refractivity contribution in [1.29, 1.82) is 0 Å². The van der Waals surface area contributed by atoms with Crippen molar-refractivity contribution in [1.82, 2.24) is 15.0 Å². The Hall–Kier alpha value is -8.71. The van der Waals surface area contributed by atoms with Gasteiger partial charge in [-0.3, -0.25) is 28.8 Å². The highest BCUT2D eigenvalue weighted by Gasteiger charge is 2.46. The number of halogens is 1. The van der Waals surface area contributed by atoms with Crippen LogP contribution < -0.4 is 67.6 Å². The minimum Gasteiger partial charge on any atom is -0.361 e. The summed E-state index contributed by atoms with van der Waals surface area (Å²) in [5.74, 6) is -4.52. The highest BCUT2D eigenvalue weighted by Crippen LogP contribution is 2.36. The van der Waals surface area contributed by atoms with Crippen LogP contribution in [0, 0.1) is 0 Å². The second kappa shape index (κ2) is 31.1. The molecule has 484 valence electrons. The number of fused-ring (bicyclic) bond motifs is 3. The third-order valence-corrected chi connectivity index (χ3v) is 17.5. The minimum atomic E-state index is -1.99. The monoisotopic (exact) mass is 1270 g/mol. The lowest BCUT2D eigenvalue weighted by atomic mass is 9.82. The number of hydrogen-bond acceptors (Lipinski definition) is 15. The molecule has 3 aromatic heterocycles. The van der Waals surface area contributed by atoms with Gasteiger partial charge in [0.05, 0.1) is 18.1 Å². The number of benzene rings is 6. The number of aromatic nitrogens is 3. The molecule has 22 heteroatoms. The van der Waals surface area contributed by atoms with Crippen molar-refractivity contribution < 1.29 is 28.8 Å². The molecule has 9 rings (SSSR count). The van der Waals surface area contributed by atoms with E-state index >= 15 is 0 Å². The van der Waals surface area contributed by atoms with E-state index in [9.17, 15) is 28.8 Å². The number of carbonyl (C=O) groups excluding carboxylic acids is 6. The summed E-state index contributed by atoms with van der Waals surface area (Å²) in [7, 11) is 0. The zero-order chi connectivity index (χ0) is 64.9. The van der Waals surface area contributed by atoms with Crippen molar-refractivity contribution in [2.75, 3.05) is 35.6 Å². The van der Waals surface area contributed by atoms with Gasteiger partial charge in [-0.15, -0.1) is 12.4 Å². The minimum absolute atomic E-state index is 0. The van der Waals surface area contributed by atoms with E-state index in [2.05, 4.69) is 30.9 Å². The first kappa shape index (κ1) is 69.2. The van der Waals surface area contributed by atoms with Gasteiger partial charge in [-0.25, -0.2) is 0 Å². The molecule has 0 spiro atoms. The van der Waals surface area contributed by atoms with Crippen LogP contribution in [-0.4, -0.2) is 104 Å². The number of carbonyl (C=O) groups is 6. The van der Waals surface area contributed by atoms with Crippen LogP contribution in [0.4, 0.5) is 17.1 Å². The van der Waals surface area contributed by atoms with E-state index in [-0.39, 0.29) is 50.9 Å². The predicted octanol–water partition coefficient (Wildman–Crippen LogP) is 6.44.